The van der Waals surface area contributed by atoms with Crippen LogP contribution in [0.15, 0.2) is 28.8 Å². The number of nitrogens with zero attached hydrogens (tertiary/aromatic N) is 1. The Morgan fingerprint density at radius 3 is 2.89 bits per heavy atom. The van der Waals surface area contributed by atoms with Gasteiger partial charge in [-0.1, -0.05) is 35.3 Å². The third-order valence-corrected chi connectivity index (χ3v) is 3.25. The predicted octanol–water partition coefficient (Wildman–Crippen LogP) is 3.58. The van der Waals surface area contributed by atoms with E-state index in [1.165, 1.54) is 0 Å². The average molecular weight is 300 g/mol. The van der Waals surface area contributed by atoms with Gasteiger partial charge < -0.3 is 9.15 Å². The van der Waals surface area contributed by atoms with E-state index in [-0.39, 0.29) is 13.0 Å². The van der Waals surface area contributed by atoms with Gasteiger partial charge in [0.1, 0.15) is 5.76 Å². The number of benzene rings is 1. The molecular formula is C13H11Cl2NO3. The number of oxazole rings is 1. The van der Waals surface area contributed by atoms with Crippen molar-refractivity contribution in [2.24, 2.45) is 0 Å². The molecule has 2 rings (SSSR count). The highest BCUT2D eigenvalue weighted by Crippen LogP contribution is 2.26. The number of carbonyl (C=O) groups is 1. The van der Waals surface area contributed by atoms with Crippen LogP contribution in [0.5, 0.6) is 0 Å². The molecule has 0 fully saturated rings. The summed E-state index contributed by atoms with van der Waals surface area (Å²) in [4.78, 5) is 15.6. The Kier molecular flexibility index (Phi) is 4.45. The molecule has 0 aliphatic rings. The molecule has 0 atom stereocenters. The van der Waals surface area contributed by atoms with Gasteiger partial charge >= 0.3 is 5.97 Å². The second-order valence-electron chi connectivity index (χ2n) is 3.92. The second kappa shape index (κ2) is 6.08. The van der Waals surface area contributed by atoms with E-state index >= 15 is 0 Å². The van der Waals surface area contributed by atoms with Gasteiger partial charge in [0, 0.05) is 0 Å². The number of hydrogen-bond acceptors (Lipinski definition) is 4. The highest BCUT2D eigenvalue weighted by molar-refractivity contribution is 6.42. The van der Waals surface area contributed by atoms with E-state index in [1.54, 1.807) is 31.3 Å². The van der Waals surface area contributed by atoms with Crippen LogP contribution in [0.25, 0.3) is 0 Å². The van der Waals surface area contributed by atoms with Crippen molar-refractivity contribution in [3.05, 3.63) is 51.7 Å². The standard InChI is InChI=1S/C13H11Cl2NO3/c1-8-6-16-11(19-8)7-18-12(17)5-9-3-2-4-10(14)13(9)15/h2-4,6H,5,7H2,1H3. The molecule has 2 aromatic rings. The van der Waals surface area contributed by atoms with Crippen molar-refractivity contribution in [3.8, 4) is 0 Å². The van der Waals surface area contributed by atoms with Gasteiger partial charge in [-0.3, -0.25) is 4.79 Å². The van der Waals surface area contributed by atoms with Crippen LogP contribution in [0.2, 0.25) is 10.0 Å². The van der Waals surface area contributed by atoms with Crippen LogP contribution < -0.4 is 0 Å². The van der Waals surface area contributed by atoms with Crippen molar-refractivity contribution >= 4 is 29.2 Å². The van der Waals surface area contributed by atoms with E-state index in [0.717, 1.165) is 0 Å². The maximum Gasteiger partial charge on any atom is 0.310 e. The Morgan fingerprint density at radius 2 is 2.21 bits per heavy atom. The van der Waals surface area contributed by atoms with Crippen molar-refractivity contribution in [3.63, 3.8) is 0 Å². The number of rotatable bonds is 4. The molecule has 0 saturated carbocycles. The zero-order chi connectivity index (χ0) is 13.8. The van der Waals surface area contributed by atoms with Gasteiger partial charge in [0.05, 0.1) is 22.7 Å². The minimum atomic E-state index is -0.417. The molecular weight excluding hydrogens is 289 g/mol. The summed E-state index contributed by atoms with van der Waals surface area (Å²) in [6.45, 7) is 1.77. The number of aromatic nitrogens is 1. The van der Waals surface area contributed by atoms with Crippen molar-refractivity contribution in [2.45, 2.75) is 20.0 Å². The summed E-state index contributed by atoms with van der Waals surface area (Å²) >= 11 is 11.9. The number of esters is 1. The van der Waals surface area contributed by atoms with Crippen LogP contribution in [0.1, 0.15) is 17.2 Å². The summed E-state index contributed by atoms with van der Waals surface area (Å²) in [6.07, 6.45) is 1.62. The number of halogens is 2. The van der Waals surface area contributed by atoms with Crippen LogP contribution in [-0.4, -0.2) is 11.0 Å². The van der Waals surface area contributed by atoms with Crippen molar-refractivity contribution in [1.82, 2.24) is 4.98 Å². The number of hydrogen-bond donors (Lipinski definition) is 0. The molecule has 0 unspecified atom stereocenters. The molecule has 100 valence electrons. The van der Waals surface area contributed by atoms with Gasteiger partial charge in [-0.2, -0.15) is 0 Å². The molecule has 0 aliphatic heterocycles. The van der Waals surface area contributed by atoms with Crippen LogP contribution >= 0.6 is 23.2 Å². The molecule has 1 aromatic heterocycles. The zero-order valence-corrected chi connectivity index (χ0v) is 11.7. The molecule has 0 N–H and O–H groups in total. The van der Waals surface area contributed by atoms with Crippen molar-refractivity contribution in [2.75, 3.05) is 0 Å². The van der Waals surface area contributed by atoms with Crippen molar-refractivity contribution < 1.29 is 13.9 Å². The SMILES string of the molecule is Cc1cnc(COC(=O)Cc2cccc(Cl)c2Cl)o1. The van der Waals surface area contributed by atoms with Gasteiger partial charge in [-0.05, 0) is 18.6 Å². The van der Waals surface area contributed by atoms with Crippen LogP contribution in [0.3, 0.4) is 0 Å². The maximum absolute atomic E-state index is 11.7. The first kappa shape index (κ1) is 13.9. The summed E-state index contributed by atoms with van der Waals surface area (Å²) < 4.78 is 10.2. The van der Waals surface area contributed by atoms with Crippen LogP contribution in [0.4, 0.5) is 0 Å². The highest BCUT2D eigenvalue weighted by atomic mass is 35.5. The second-order valence-corrected chi connectivity index (χ2v) is 4.70. The molecule has 1 aromatic carbocycles. The Morgan fingerprint density at radius 1 is 1.42 bits per heavy atom. The average Bonchev–Trinajstić information content (AvgIpc) is 2.78. The monoisotopic (exact) mass is 299 g/mol. The van der Waals surface area contributed by atoms with E-state index in [2.05, 4.69) is 4.98 Å². The molecule has 19 heavy (non-hydrogen) atoms. The lowest BCUT2D eigenvalue weighted by molar-refractivity contribution is -0.144. The van der Waals surface area contributed by atoms with Gasteiger partial charge in [-0.15, -0.1) is 0 Å². The third kappa shape index (κ3) is 3.72. The van der Waals surface area contributed by atoms with Gasteiger partial charge in [-0.25, -0.2) is 4.98 Å². The summed E-state index contributed by atoms with van der Waals surface area (Å²) in [5, 5.41) is 0.781. The predicted molar refractivity (Wildman–Crippen MR) is 71.2 cm³/mol. The van der Waals surface area contributed by atoms with E-state index in [0.29, 0.717) is 27.3 Å². The van der Waals surface area contributed by atoms with Gasteiger partial charge in [0.15, 0.2) is 6.61 Å². The fraction of sp³-hybridized carbons (Fsp3) is 0.231. The molecule has 0 saturated heterocycles. The first-order valence-electron chi connectivity index (χ1n) is 5.56. The van der Waals surface area contributed by atoms with E-state index in [4.69, 9.17) is 32.4 Å². The number of carbonyl (C=O) groups excluding carboxylic acids is 1. The molecule has 0 radical (unpaired) electrons. The lowest BCUT2D eigenvalue weighted by atomic mass is 10.1. The molecule has 0 bridgehead atoms. The normalized spacial score (nSPS) is 10.5. The summed E-state index contributed by atoms with van der Waals surface area (Å²) in [5.41, 5.74) is 0.628. The fourth-order valence-corrected chi connectivity index (χ4v) is 1.89. The lowest BCUT2D eigenvalue weighted by Crippen LogP contribution is -2.08. The molecule has 4 nitrogen and oxygen atoms in total. The van der Waals surface area contributed by atoms with Gasteiger partial charge in [0.25, 0.3) is 0 Å². The van der Waals surface area contributed by atoms with E-state index < -0.39 is 5.97 Å². The minimum Gasteiger partial charge on any atom is -0.455 e. The van der Waals surface area contributed by atoms with Crippen LogP contribution in [-0.2, 0) is 22.6 Å². The number of ether oxygens (including phenoxy) is 1. The quantitative estimate of drug-likeness (QED) is 0.810. The fourth-order valence-electron chi connectivity index (χ4n) is 1.50. The molecule has 0 amide bonds. The Bertz CT molecular complexity index is 595. The lowest BCUT2D eigenvalue weighted by Gasteiger charge is -2.05. The highest BCUT2D eigenvalue weighted by Gasteiger charge is 2.11. The zero-order valence-electron chi connectivity index (χ0n) is 10.2. The van der Waals surface area contributed by atoms with Crippen LogP contribution in [0, 0.1) is 6.92 Å². The Labute approximate surface area is 120 Å². The molecule has 0 spiro atoms. The first-order chi connectivity index (χ1) is 9.06. The Balaban J connectivity index is 1.92. The van der Waals surface area contributed by atoms with E-state index in [9.17, 15) is 4.79 Å². The van der Waals surface area contributed by atoms with E-state index in [1.807, 2.05) is 0 Å². The van der Waals surface area contributed by atoms with Crippen molar-refractivity contribution in [1.29, 1.82) is 0 Å². The summed E-state index contributed by atoms with van der Waals surface area (Å²) in [6, 6.07) is 5.12. The molecule has 0 aliphatic carbocycles. The maximum atomic E-state index is 11.7. The summed E-state index contributed by atoms with van der Waals surface area (Å²) in [7, 11) is 0. The Hall–Kier alpha value is -1.52. The summed E-state index contributed by atoms with van der Waals surface area (Å²) in [5.74, 6) is 0.618. The molecule has 6 heteroatoms. The third-order valence-electron chi connectivity index (χ3n) is 2.39. The smallest absolute Gasteiger partial charge is 0.310 e. The number of aryl methyl sites for hydroxylation is 1. The molecule has 1 heterocycles. The van der Waals surface area contributed by atoms with Gasteiger partial charge in [0.2, 0.25) is 5.89 Å². The minimum absolute atomic E-state index is 0.00482. The largest absolute Gasteiger partial charge is 0.455 e. The topological polar surface area (TPSA) is 52.3 Å². The first-order valence-corrected chi connectivity index (χ1v) is 6.31.